The van der Waals surface area contributed by atoms with Crippen LogP contribution in [0.4, 0.5) is 17.2 Å². The van der Waals surface area contributed by atoms with Gasteiger partial charge in [0.25, 0.3) is 5.91 Å². The molecule has 8 nitrogen and oxygen atoms in total. The number of rotatable bonds is 7. The van der Waals surface area contributed by atoms with Crippen molar-refractivity contribution in [3.05, 3.63) is 50.7 Å². The van der Waals surface area contributed by atoms with Crippen LogP contribution in [-0.2, 0) is 9.57 Å². The highest BCUT2D eigenvalue weighted by atomic mass is 79.9. The summed E-state index contributed by atoms with van der Waals surface area (Å²) < 4.78 is 8.14. The van der Waals surface area contributed by atoms with E-state index in [4.69, 9.17) is 32.8 Å². The molecule has 0 spiro atoms. The molecule has 2 aromatic heterocycles. The van der Waals surface area contributed by atoms with Crippen LogP contribution < -0.4 is 15.7 Å². The van der Waals surface area contributed by atoms with Crippen molar-refractivity contribution in [2.24, 2.45) is 5.92 Å². The minimum atomic E-state index is -0.406. The number of amides is 1. The van der Waals surface area contributed by atoms with Crippen molar-refractivity contribution in [2.45, 2.75) is 12.8 Å². The molecule has 3 heterocycles. The van der Waals surface area contributed by atoms with Gasteiger partial charge >= 0.3 is 0 Å². The third kappa shape index (κ3) is 4.93. The van der Waals surface area contributed by atoms with Gasteiger partial charge < -0.3 is 15.0 Å². The van der Waals surface area contributed by atoms with E-state index < -0.39 is 5.91 Å². The maximum atomic E-state index is 13.2. The highest BCUT2D eigenvalue weighted by Crippen LogP contribution is 2.37. The molecule has 1 aliphatic heterocycles. The van der Waals surface area contributed by atoms with E-state index in [1.807, 2.05) is 16.5 Å². The lowest BCUT2D eigenvalue weighted by Gasteiger charge is -2.28. The molecule has 1 saturated heterocycles. The molecule has 174 valence electrons. The second-order valence-corrected chi connectivity index (χ2v) is 9.78. The van der Waals surface area contributed by atoms with Crippen molar-refractivity contribution < 1.29 is 14.4 Å². The molecule has 1 amide bonds. The summed E-state index contributed by atoms with van der Waals surface area (Å²) in [5.74, 6) is 0.949. The van der Waals surface area contributed by atoms with Crippen molar-refractivity contribution >= 4 is 67.9 Å². The Hall–Kier alpha value is -2.04. The number of morpholine rings is 1. The van der Waals surface area contributed by atoms with Crippen LogP contribution in [0.2, 0.25) is 10.0 Å². The third-order valence-electron chi connectivity index (χ3n) is 5.67. The molecule has 2 N–H and O–H groups in total. The number of nitrogens with one attached hydrogen (secondary N) is 2. The molecule has 3 aromatic rings. The number of carbonyl (C=O) groups is 1. The molecular weight excluding hydrogens is 533 g/mol. The second kappa shape index (κ2) is 9.68. The van der Waals surface area contributed by atoms with E-state index in [9.17, 15) is 4.79 Å². The first-order valence-corrected chi connectivity index (χ1v) is 12.2. The predicted molar refractivity (Wildman–Crippen MR) is 132 cm³/mol. The number of aromatic nitrogens is 2. The van der Waals surface area contributed by atoms with Crippen LogP contribution in [0.5, 0.6) is 0 Å². The highest BCUT2D eigenvalue weighted by molar-refractivity contribution is 9.10. The zero-order valence-electron chi connectivity index (χ0n) is 17.6. The maximum absolute atomic E-state index is 13.2. The number of ether oxygens (including phenoxy) is 1. The lowest BCUT2D eigenvalue weighted by Crippen LogP contribution is -2.37. The minimum absolute atomic E-state index is 0.309. The van der Waals surface area contributed by atoms with Crippen LogP contribution in [0.25, 0.3) is 5.65 Å². The third-order valence-corrected chi connectivity index (χ3v) is 6.84. The molecule has 2 aliphatic rings. The predicted octanol–water partition coefficient (Wildman–Crippen LogP) is 5.06. The minimum Gasteiger partial charge on any atom is -0.378 e. The molecule has 0 bridgehead atoms. The number of pyridine rings is 1. The Morgan fingerprint density at radius 3 is 2.79 bits per heavy atom. The van der Waals surface area contributed by atoms with Gasteiger partial charge in [0.05, 0.1) is 48.0 Å². The highest BCUT2D eigenvalue weighted by Gasteiger charge is 2.25. The van der Waals surface area contributed by atoms with Gasteiger partial charge in [0.2, 0.25) is 0 Å². The fourth-order valence-electron chi connectivity index (χ4n) is 3.68. The van der Waals surface area contributed by atoms with Crippen LogP contribution >= 0.6 is 39.1 Å². The SMILES string of the molecule is O=C(NOCC1CC1)c1cn2c(N3CCOCC3)cnc2c(Cl)c1Nc1ccc(Br)cc1Cl. The first-order valence-electron chi connectivity index (χ1n) is 10.7. The quantitative estimate of drug-likeness (QED) is 0.398. The Kier molecular flexibility index (Phi) is 6.67. The molecule has 11 heteroatoms. The Morgan fingerprint density at radius 1 is 1.27 bits per heavy atom. The zero-order valence-corrected chi connectivity index (χ0v) is 20.7. The summed E-state index contributed by atoms with van der Waals surface area (Å²) in [4.78, 5) is 25.3. The summed E-state index contributed by atoms with van der Waals surface area (Å²) in [6.45, 7) is 3.21. The topological polar surface area (TPSA) is 80.1 Å². The van der Waals surface area contributed by atoms with Crippen molar-refractivity contribution in [3.63, 3.8) is 0 Å². The average Bonchev–Trinajstić information content (AvgIpc) is 3.53. The molecule has 1 aromatic carbocycles. The van der Waals surface area contributed by atoms with Gasteiger partial charge in [0, 0.05) is 23.8 Å². The summed E-state index contributed by atoms with van der Waals surface area (Å²) in [6, 6.07) is 5.43. The Balaban J connectivity index is 1.55. The fraction of sp³-hybridized carbons (Fsp3) is 0.364. The Labute approximate surface area is 209 Å². The van der Waals surface area contributed by atoms with Gasteiger partial charge in [0.15, 0.2) is 5.65 Å². The number of fused-ring (bicyclic) bond motifs is 1. The zero-order chi connectivity index (χ0) is 22.9. The molecular formula is C22H22BrCl2N5O3. The molecule has 1 saturated carbocycles. The average molecular weight is 555 g/mol. The van der Waals surface area contributed by atoms with Crippen LogP contribution in [0.15, 0.2) is 35.1 Å². The number of halogens is 3. The molecule has 0 atom stereocenters. The van der Waals surface area contributed by atoms with E-state index in [2.05, 4.69) is 36.6 Å². The van der Waals surface area contributed by atoms with E-state index in [1.54, 1.807) is 18.5 Å². The number of imidazole rings is 1. The van der Waals surface area contributed by atoms with Crippen LogP contribution in [0, 0.1) is 5.92 Å². The van der Waals surface area contributed by atoms with Crippen molar-refractivity contribution in [1.82, 2.24) is 14.9 Å². The summed E-state index contributed by atoms with van der Waals surface area (Å²) in [5, 5.41) is 4.01. The van der Waals surface area contributed by atoms with Crippen LogP contribution in [0.3, 0.4) is 0 Å². The van der Waals surface area contributed by atoms with Gasteiger partial charge in [-0.3, -0.25) is 14.0 Å². The monoisotopic (exact) mass is 553 g/mol. The fourth-order valence-corrected chi connectivity index (χ4v) is 4.69. The van der Waals surface area contributed by atoms with E-state index >= 15 is 0 Å². The number of hydrogen-bond donors (Lipinski definition) is 2. The second-order valence-electron chi connectivity index (χ2n) is 8.08. The van der Waals surface area contributed by atoms with E-state index in [0.29, 0.717) is 58.4 Å². The summed E-state index contributed by atoms with van der Waals surface area (Å²) in [6.07, 6.45) is 5.74. The van der Waals surface area contributed by atoms with E-state index in [-0.39, 0.29) is 0 Å². The molecule has 5 rings (SSSR count). The number of benzene rings is 1. The molecule has 0 unspecified atom stereocenters. The molecule has 1 aliphatic carbocycles. The molecule has 33 heavy (non-hydrogen) atoms. The van der Waals surface area contributed by atoms with E-state index in [1.165, 1.54) is 0 Å². The molecule has 2 fully saturated rings. The lowest BCUT2D eigenvalue weighted by molar-refractivity contribution is 0.0270. The van der Waals surface area contributed by atoms with Crippen molar-refractivity contribution in [2.75, 3.05) is 43.1 Å². The smallest absolute Gasteiger partial charge is 0.278 e. The number of hydrogen-bond acceptors (Lipinski definition) is 6. The number of anilines is 3. The standard InChI is InChI=1S/C22H22BrCl2N5O3/c23-14-3-4-17(16(24)9-14)27-20-15(22(31)28-33-12-13-1-2-13)11-30-18(10-26-21(30)19(20)25)29-5-7-32-8-6-29/h3-4,9-11,13,27H,1-2,5-8,12H2,(H,28,31). The number of carbonyl (C=O) groups excluding carboxylic acids is 1. The van der Waals surface area contributed by atoms with Gasteiger partial charge in [-0.25, -0.2) is 10.5 Å². The number of hydroxylamine groups is 1. The van der Waals surface area contributed by atoms with Crippen molar-refractivity contribution in [3.8, 4) is 0 Å². The van der Waals surface area contributed by atoms with Gasteiger partial charge in [-0.15, -0.1) is 0 Å². The summed E-state index contributed by atoms with van der Waals surface area (Å²) in [7, 11) is 0. The summed E-state index contributed by atoms with van der Waals surface area (Å²) >= 11 is 16.6. The first kappa shape index (κ1) is 22.7. The number of nitrogens with zero attached hydrogens (tertiary/aromatic N) is 3. The van der Waals surface area contributed by atoms with E-state index in [0.717, 1.165) is 36.2 Å². The largest absolute Gasteiger partial charge is 0.378 e. The van der Waals surface area contributed by atoms with Crippen LogP contribution in [0.1, 0.15) is 23.2 Å². The Bertz CT molecular complexity index is 1190. The van der Waals surface area contributed by atoms with Gasteiger partial charge in [0.1, 0.15) is 10.8 Å². The van der Waals surface area contributed by atoms with Crippen molar-refractivity contribution in [1.29, 1.82) is 0 Å². The molecule has 0 radical (unpaired) electrons. The van der Waals surface area contributed by atoms with Gasteiger partial charge in [-0.2, -0.15) is 0 Å². The lowest BCUT2D eigenvalue weighted by atomic mass is 10.2. The van der Waals surface area contributed by atoms with Gasteiger partial charge in [-0.05, 0) is 37.0 Å². The summed E-state index contributed by atoms with van der Waals surface area (Å²) in [5.41, 5.74) is 4.42. The van der Waals surface area contributed by atoms with Gasteiger partial charge in [-0.1, -0.05) is 39.1 Å². The maximum Gasteiger partial charge on any atom is 0.278 e. The normalized spacial score (nSPS) is 16.3. The Morgan fingerprint density at radius 2 is 2.06 bits per heavy atom. The van der Waals surface area contributed by atoms with Crippen LogP contribution in [-0.4, -0.2) is 48.2 Å². The first-order chi connectivity index (χ1) is 16.0.